The molecule has 1 saturated heterocycles. The number of pyridine rings is 1. The van der Waals surface area contributed by atoms with Gasteiger partial charge < -0.3 is 14.9 Å². The van der Waals surface area contributed by atoms with Crippen LogP contribution in [0.5, 0.6) is 17.5 Å². The highest BCUT2D eigenvalue weighted by molar-refractivity contribution is 5.70. The lowest BCUT2D eigenvalue weighted by atomic mass is 9.99. The second-order valence-electron chi connectivity index (χ2n) is 8.26. The summed E-state index contributed by atoms with van der Waals surface area (Å²) in [5, 5.41) is 21.3. The van der Waals surface area contributed by atoms with Crippen LogP contribution < -0.4 is 4.74 Å². The molecule has 4 heterocycles. The SMILES string of the molecule is COc1ccccc1-c1ccc(/C=C/[C@H]2c3c(c(O)n(C)c3O)[C@@H]3CCCCN23)nc1. The maximum Gasteiger partial charge on any atom is 0.199 e. The maximum absolute atomic E-state index is 10.7. The van der Waals surface area contributed by atoms with Gasteiger partial charge in [0.15, 0.2) is 11.8 Å². The van der Waals surface area contributed by atoms with Crippen LogP contribution in [-0.2, 0) is 7.05 Å². The zero-order chi connectivity index (χ0) is 21.5. The van der Waals surface area contributed by atoms with Gasteiger partial charge in [0.05, 0.1) is 18.8 Å². The molecule has 1 fully saturated rings. The molecule has 3 aromatic rings. The molecule has 0 unspecified atom stereocenters. The Hall–Kier alpha value is -3.25. The van der Waals surface area contributed by atoms with Crippen molar-refractivity contribution in [3.63, 3.8) is 0 Å². The number of methoxy groups -OCH3 is 1. The molecule has 0 aliphatic carbocycles. The number of piperidine rings is 1. The van der Waals surface area contributed by atoms with Crippen LogP contribution in [0.15, 0.2) is 48.7 Å². The molecule has 5 rings (SSSR count). The van der Waals surface area contributed by atoms with Crippen LogP contribution in [0.1, 0.15) is 48.2 Å². The van der Waals surface area contributed by atoms with E-state index >= 15 is 0 Å². The highest BCUT2D eigenvalue weighted by Gasteiger charge is 2.44. The van der Waals surface area contributed by atoms with Gasteiger partial charge in [-0.3, -0.25) is 14.5 Å². The molecule has 6 heteroatoms. The summed E-state index contributed by atoms with van der Waals surface area (Å²) in [6, 6.07) is 12.0. The number of hydrogen-bond donors (Lipinski definition) is 2. The molecule has 1 aromatic carbocycles. The molecular formula is C25H27N3O3. The Morgan fingerprint density at radius 3 is 2.65 bits per heavy atom. The van der Waals surface area contributed by atoms with Crippen molar-refractivity contribution in [1.82, 2.24) is 14.5 Å². The number of nitrogens with zero attached hydrogens (tertiary/aromatic N) is 3. The molecule has 0 bridgehead atoms. The maximum atomic E-state index is 10.7. The molecular weight excluding hydrogens is 390 g/mol. The van der Waals surface area contributed by atoms with E-state index in [-0.39, 0.29) is 23.8 Å². The molecule has 160 valence electrons. The fourth-order valence-electron chi connectivity index (χ4n) is 5.03. The Labute approximate surface area is 182 Å². The summed E-state index contributed by atoms with van der Waals surface area (Å²) in [5.41, 5.74) is 4.57. The summed E-state index contributed by atoms with van der Waals surface area (Å²) >= 11 is 0. The van der Waals surface area contributed by atoms with Crippen molar-refractivity contribution in [3.05, 3.63) is 65.5 Å². The molecule has 31 heavy (non-hydrogen) atoms. The molecule has 0 radical (unpaired) electrons. The third-order valence-electron chi connectivity index (χ3n) is 6.59. The number of aromatic nitrogens is 2. The molecule has 2 aliphatic rings. The summed E-state index contributed by atoms with van der Waals surface area (Å²) in [6.45, 7) is 0.955. The molecule has 2 aromatic heterocycles. The van der Waals surface area contributed by atoms with Gasteiger partial charge in [0, 0.05) is 41.5 Å². The van der Waals surface area contributed by atoms with Crippen molar-refractivity contribution in [1.29, 1.82) is 0 Å². The highest BCUT2D eigenvalue weighted by atomic mass is 16.5. The zero-order valence-electron chi connectivity index (χ0n) is 17.8. The topological polar surface area (TPSA) is 70.8 Å². The van der Waals surface area contributed by atoms with E-state index < -0.39 is 0 Å². The molecule has 0 spiro atoms. The van der Waals surface area contributed by atoms with Gasteiger partial charge in [0.2, 0.25) is 0 Å². The van der Waals surface area contributed by atoms with E-state index in [1.807, 2.05) is 48.7 Å². The Bertz CT molecular complexity index is 1130. The van der Waals surface area contributed by atoms with Crippen molar-refractivity contribution in [3.8, 4) is 28.6 Å². The van der Waals surface area contributed by atoms with Crippen LogP contribution in [0.25, 0.3) is 17.2 Å². The minimum Gasteiger partial charge on any atom is -0.496 e. The standard InChI is InChI=1S/C25H27N3O3/c1-27-24(29)22-19-8-5-6-14-28(19)20(23(22)25(27)30)13-12-17-11-10-16(15-26-17)18-7-3-4-9-21(18)31-2/h3-4,7,9-13,15,19-20,29-30H,5-6,8,14H2,1-2H3/b13-12+/t19-,20-/m0/s1. The van der Waals surface area contributed by atoms with Gasteiger partial charge in [-0.2, -0.15) is 0 Å². The summed E-state index contributed by atoms with van der Waals surface area (Å²) in [4.78, 5) is 7.00. The first-order valence-corrected chi connectivity index (χ1v) is 10.7. The number of fused-ring (bicyclic) bond motifs is 3. The summed E-state index contributed by atoms with van der Waals surface area (Å²) < 4.78 is 6.94. The molecule has 0 amide bonds. The quantitative estimate of drug-likeness (QED) is 0.638. The third kappa shape index (κ3) is 3.18. The lowest BCUT2D eigenvalue weighted by Crippen LogP contribution is -2.30. The second-order valence-corrected chi connectivity index (χ2v) is 8.26. The van der Waals surface area contributed by atoms with Crippen LogP contribution in [-0.4, -0.2) is 38.3 Å². The Morgan fingerprint density at radius 1 is 1.06 bits per heavy atom. The van der Waals surface area contributed by atoms with E-state index in [0.717, 1.165) is 59.5 Å². The van der Waals surface area contributed by atoms with Crippen LogP contribution in [0.2, 0.25) is 0 Å². The smallest absolute Gasteiger partial charge is 0.199 e. The number of ether oxygens (including phenoxy) is 1. The van der Waals surface area contributed by atoms with E-state index in [4.69, 9.17) is 4.74 Å². The van der Waals surface area contributed by atoms with Gasteiger partial charge in [0.25, 0.3) is 0 Å². The molecule has 2 aliphatic heterocycles. The average Bonchev–Trinajstić information content (AvgIpc) is 3.26. The van der Waals surface area contributed by atoms with Crippen molar-refractivity contribution in [2.24, 2.45) is 7.05 Å². The van der Waals surface area contributed by atoms with Gasteiger partial charge >= 0.3 is 0 Å². The summed E-state index contributed by atoms with van der Waals surface area (Å²) in [5.74, 6) is 1.15. The fraction of sp³-hybridized carbons (Fsp3) is 0.320. The van der Waals surface area contributed by atoms with E-state index in [9.17, 15) is 10.2 Å². The first-order chi connectivity index (χ1) is 15.1. The fourth-order valence-corrected chi connectivity index (χ4v) is 5.03. The highest BCUT2D eigenvalue weighted by Crippen LogP contribution is 2.54. The van der Waals surface area contributed by atoms with Crippen molar-refractivity contribution >= 4 is 6.08 Å². The summed E-state index contributed by atoms with van der Waals surface area (Å²) in [7, 11) is 3.37. The summed E-state index contributed by atoms with van der Waals surface area (Å²) in [6.07, 6.45) is 9.21. The van der Waals surface area contributed by atoms with Crippen molar-refractivity contribution in [2.75, 3.05) is 13.7 Å². The molecule has 2 atom stereocenters. The Kier molecular flexibility index (Phi) is 4.94. The first kappa shape index (κ1) is 19.7. The normalized spacial score (nSPS) is 20.7. The van der Waals surface area contributed by atoms with Gasteiger partial charge in [0.1, 0.15) is 5.75 Å². The lowest BCUT2D eigenvalue weighted by Gasteiger charge is -2.33. The van der Waals surface area contributed by atoms with Gasteiger partial charge in [-0.15, -0.1) is 0 Å². The van der Waals surface area contributed by atoms with Gasteiger partial charge in [-0.25, -0.2) is 0 Å². The lowest BCUT2D eigenvalue weighted by molar-refractivity contribution is 0.138. The number of benzene rings is 1. The minimum absolute atomic E-state index is 0.0666. The Morgan fingerprint density at radius 2 is 1.87 bits per heavy atom. The average molecular weight is 418 g/mol. The van der Waals surface area contributed by atoms with Crippen LogP contribution in [0.4, 0.5) is 0 Å². The van der Waals surface area contributed by atoms with Crippen LogP contribution >= 0.6 is 0 Å². The first-order valence-electron chi connectivity index (χ1n) is 10.7. The number of hydrogen-bond acceptors (Lipinski definition) is 5. The third-order valence-corrected chi connectivity index (χ3v) is 6.59. The van der Waals surface area contributed by atoms with Crippen LogP contribution in [0, 0.1) is 0 Å². The van der Waals surface area contributed by atoms with E-state index in [2.05, 4.69) is 16.0 Å². The zero-order valence-corrected chi connectivity index (χ0v) is 17.8. The monoisotopic (exact) mass is 417 g/mol. The minimum atomic E-state index is -0.0666. The Balaban J connectivity index is 1.45. The predicted molar refractivity (Wildman–Crippen MR) is 120 cm³/mol. The van der Waals surface area contributed by atoms with E-state index in [1.165, 1.54) is 4.57 Å². The largest absolute Gasteiger partial charge is 0.496 e. The van der Waals surface area contributed by atoms with E-state index in [1.54, 1.807) is 14.2 Å². The molecule has 0 saturated carbocycles. The second kappa shape index (κ2) is 7.78. The predicted octanol–water partition coefficient (Wildman–Crippen LogP) is 4.80. The van der Waals surface area contributed by atoms with Gasteiger partial charge in [-0.1, -0.05) is 36.8 Å². The number of rotatable bonds is 4. The molecule has 2 N–H and O–H groups in total. The van der Waals surface area contributed by atoms with Crippen molar-refractivity contribution in [2.45, 2.75) is 31.3 Å². The van der Waals surface area contributed by atoms with Gasteiger partial charge in [-0.05, 0) is 37.6 Å². The van der Waals surface area contributed by atoms with E-state index in [0.29, 0.717) is 0 Å². The number of aromatic hydroxyl groups is 2. The van der Waals surface area contributed by atoms with Crippen molar-refractivity contribution < 1.29 is 14.9 Å². The number of para-hydroxylation sites is 1. The molecule has 6 nitrogen and oxygen atoms in total. The van der Waals surface area contributed by atoms with Crippen LogP contribution in [0.3, 0.4) is 0 Å².